The number of nitrogens with zero attached hydrogens (tertiary/aromatic N) is 7. The minimum Gasteiger partial charge on any atom is -0.390 e. The number of nitrogens with two attached hydrogens (primary N) is 1. The number of halogens is 2. The van der Waals surface area contributed by atoms with Crippen LogP contribution in [-0.4, -0.2) is 95.8 Å². The largest absolute Gasteiger partial charge is 0.490 e. The van der Waals surface area contributed by atoms with Crippen LogP contribution in [-0.2, 0) is 61.9 Å². The number of amides is 1. The van der Waals surface area contributed by atoms with E-state index in [1.54, 1.807) is 16.9 Å². The van der Waals surface area contributed by atoms with Gasteiger partial charge in [-0.1, -0.05) is 123 Å². The highest BCUT2D eigenvalue weighted by molar-refractivity contribution is 9.11. The number of aromatic nitrogens is 6. The fourth-order valence-electron chi connectivity index (χ4n) is 11.9. The number of aromatic amines is 1. The molecule has 1 saturated heterocycles. The molecular weight excluding hydrogens is 1380 g/mol. The minimum absolute atomic E-state index is 0.0515. The lowest BCUT2D eigenvalue weighted by molar-refractivity contribution is -0.356. The van der Waals surface area contributed by atoms with Gasteiger partial charge < -0.3 is 55.3 Å². The van der Waals surface area contributed by atoms with E-state index in [2.05, 4.69) is 210 Å². The molecule has 0 saturated carbocycles. The van der Waals surface area contributed by atoms with E-state index in [1.165, 1.54) is 33.0 Å². The van der Waals surface area contributed by atoms with Crippen LogP contribution in [0.2, 0.25) is 0 Å². The van der Waals surface area contributed by atoms with Gasteiger partial charge in [0.15, 0.2) is 17.6 Å². The average Bonchev–Trinajstić information content (AvgIpc) is 1.61. The van der Waals surface area contributed by atoms with Crippen molar-refractivity contribution in [3.05, 3.63) is 198 Å². The third-order valence-corrected chi connectivity index (χ3v) is 20.4. The number of aliphatic hydroxyl groups is 1. The number of para-hydroxylation sites is 2. The quantitative estimate of drug-likeness (QED) is 0.0125. The molecule has 3 aliphatic heterocycles. The van der Waals surface area contributed by atoms with Crippen molar-refractivity contribution in [3.63, 3.8) is 0 Å². The zero-order valence-corrected chi connectivity index (χ0v) is 56.3. The molecule has 25 nitrogen and oxygen atoms in total. The van der Waals surface area contributed by atoms with Crippen LogP contribution in [0.3, 0.4) is 0 Å². The second-order valence-electron chi connectivity index (χ2n) is 23.1. The fourth-order valence-corrected chi connectivity index (χ4v) is 15.4. The van der Waals surface area contributed by atoms with Gasteiger partial charge in [0.1, 0.15) is 12.3 Å². The van der Waals surface area contributed by atoms with Gasteiger partial charge in [0.05, 0.1) is 41.3 Å². The van der Waals surface area contributed by atoms with Crippen molar-refractivity contribution in [2.75, 3.05) is 23.8 Å². The molecule has 92 heavy (non-hydrogen) atoms. The van der Waals surface area contributed by atoms with E-state index in [0.29, 0.717) is 43.6 Å². The molecule has 5 atom stereocenters. The van der Waals surface area contributed by atoms with Gasteiger partial charge in [-0.15, -0.1) is 5.10 Å². The van der Waals surface area contributed by atoms with Crippen LogP contribution in [0.4, 0.5) is 17.3 Å². The van der Waals surface area contributed by atoms with Crippen molar-refractivity contribution in [2.24, 2.45) is 0 Å². The molecule has 1 aliphatic carbocycles. The summed E-state index contributed by atoms with van der Waals surface area (Å²) < 4.78 is 58.3. The predicted molar refractivity (Wildman–Crippen MR) is 353 cm³/mol. The SMILES string of the molecule is CC1(C)C(/C=C/C2=C(NCc3cccc(C(=O)NCCn4cc(CCCC#Cc5cn([C@H]6C[C@@H](O)C(COP(=O)(O)OP(=O)(O)OP(=O)(O)O)O6)c6nc(N)[nH]c(=O)c56)nn4)c3)C(=C/C=C3/N(/C=C/Br)c4ccccc4C3(C)C)/CCC2)=[N+](/C=C/Br)c2ccccc21. The highest BCUT2D eigenvalue weighted by Gasteiger charge is 2.45. The van der Waals surface area contributed by atoms with Crippen molar-refractivity contribution in [1.82, 2.24) is 40.2 Å². The maximum Gasteiger partial charge on any atom is 0.490 e. The maximum absolute atomic E-state index is 13.7. The number of carbonyl (C=O) groups is 1. The lowest BCUT2D eigenvalue weighted by atomic mass is 9.81. The van der Waals surface area contributed by atoms with Crippen LogP contribution in [0.5, 0.6) is 0 Å². The molecule has 10 N–H and O–H groups in total. The topological polar surface area (TPSA) is 344 Å². The summed E-state index contributed by atoms with van der Waals surface area (Å²) in [5, 5.41) is 26.3. The van der Waals surface area contributed by atoms with Gasteiger partial charge in [-0.25, -0.2) is 13.7 Å². The summed E-state index contributed by atoms with van der Waals surface area (Å²) in [6.07, 6.45) is 16.7. The molecule has 1 fully saturated rings. The molecule has 6 aromatic rings. The van der Waals surface area contributed by atoms with Gasteiger partial charge >= 0.3 is 23.5 Å². The number of H-pyrrole nitrogens is 1. The van der Waals surface area contributed by atoms with Crippen LogP contribution in [0.25, 0.3) is 11.0 Å². The van der Waals surface area contributed by atoms with E-state index >= 15 is 0 Å². The Labute approximate surface area is 546 Å². The van der Waals surface area contributed by atoms with Gasteiger partial charge in [0.2, 0.25) is 11.6 Å². The van der Waals surface area contributed by atoms with Crippen molar-refractivity contribution < 1.29 is 65.6 Å². The standard InChI is InChI=1S/C62H68Br2N11O14P3/c1-61(2)46-20-8-10-22-48(46)73(31-28-63)52(61)26-24-41-16-13-17-42(25-27-53-62(3,4)47-21-9-11-23-49(47)74(53)32-29-64)56(41)67-36-40-14-12-18-43(34-40)58(77)66-30-33-72-38-45(70-71-72)19-7-5-6-15-44-37-75(57-55(44)59(78)69-60(65)68-57)54-35-50(76)51(87-54)39-86-91(82,83)89-92(84,85)88-90(79,80)81/h8-12,14,18,20-29,31-32,34,37-38,50-51,54,76H,5,7,13,16-17,19,30,33,35-36,39H2,1-4H3,(H8,65,66,68,69,77,78,79,80,81,82,83,84,85)/p+1/b31-28+,32-29+,41-24+,52-26+/t50-,51?,54-/m1/s1. The Balaban J connectivity index is 0.764. The van der Waals surface area contributed by atoms with Crippen molar-refractivity contribution in [2.45, 2.75) is 115 Å². The zero-order valence-electron chi connectivity index (χ0n) is 50.4. The maximum atomic E-state index is 13.7. The van der Waals surface area contributed by atoms with Gasteiger partial charge in [-0.2, -0.15) is 18.2 Å². The number of fused-ring (bicyclic) bond motifs is 3. The first-order valence-electron chi connectivity index (χ1n) is 29.3. The van der Waals surface area contributed by atoms with E-state index in [0.717, 1.165) is 53.3 Å². The number of phosphoric acid groups is 3. The fraction of sp³-hybridized carbons (Fsp3) is 0.323. The third kappa shape index (κ3) is 15.6. The second kappa shape index (κ2) is 28.3. The van der Waals surface area contributed by atoms with Gasteiger partial charge in [0.25, 0.3) is 11.5 Å². The number of hydrogen-bond donors (Lipinski definition) is 9. The Morgan fingerprint density at radius 2 is 1.72 bits per heavy atom. The van der Waals surface area contributed by atoms with Crippen molar-refractivity contribution in [3.8, 4) is 11.8 Å². The van der Waals surface area contributed by atoms with Gasteiger partial charge in [0, 0.05) is 95.3 Å². The molecule has 484 valence electrons. The summed E-state index contributed by atoms with van der Waals surface area (Å²) in [5.74, 6) is 5.60. The van der Waals surface area contributed by atoms with Crippen LogP contribution in [0.1, 0.15) is 111 Å². The molecule has 3 aromatic heterocycles. The Kier molecular flexibility index (Phi) is 20.9. The molecule has 0 spiro atoms. The normalized spacial score (nSPS) is 21.0. The number of hydrogen-bond acceptors (Lipinski definition) is 16. The van der Waals surface area contributed by atoms with Gasteiger partial charge in [-0.05, 0) is 97.5 Å². The van der Waals surface area contributed by atoms with E-state index in [-0.39, 0.29) is 52.2 Å². The molecule has 0 radical (unpaired) electrons. The lowest BCUT2D eigenvalue weighted by Gasteiger charge is -2.26. The monoisotopic (exact) mass is 1440 g/mol. The number of nitrogens with one attached hydrogen (secondary N) is 3. The smallest absolute Gasteiger partial charge is 0.390 e. The van der Waals surface area contributed by atoms with E-state index < -0.39 is 54.1 Å². The van der Waals surface area contributed by atoms with Crippen LogP contribution in [0, 0.1) is 11.8 Å². The summed E-state index contributed by atoms with van der Waals surface area (Å²) in [7, 11) is -16.9. The molecule has 6 heterocycles. The number of anilines is 2. The van der Waals surface area contributed by atoms with Gasteiger partial charge in [-0.3, -0.25) is 23.8 Å². The molecule has 4 aliphatic rings. The molecule has 3 unspecified atom stereocenters. The van der Waals surface area contributed by atoms with Crippen LogP contribution < -0.4 is 26.8 Å². The highest BCUT2D eigenvalue weighted by atomic mass is 79.9. The number of benzene rings is 3. The Morgan fingerprint density at radius 3 is 2.49 bits per heavy atom. The predicted octanol–water partition coefficient (Wildman–Crippen LogP) is 10.2. The second-order valence-corrected chi connectivity index (χ2v) is 28.6. The number of carbonyl (C=O) groups excluding carboxylic acids is 1. The molecular formula is C62H69Br2N11O14P3+. The van der Waals surface area contributed by atoms with E-state index in [9.17, 15) is 38.2 Å². The Hall–Kier alpha value is -6.95. The molecule has 3 aromatic carbocycles. The first kappa shape index (κ1) is 67.9. The lowest BCUT2D eigenvalue weighted by Crippen LogP contribution is -2.27. The van der Waals surface area contributed by atoms with Crippen LogP contribution in [0.15, 0.2) is 159 Å². The molecule has 0 bridgehead atoms. The highest BCUT2D eigenvalue weighted by Crippen LogP contribution is 2.66. The number of nitrogen functional groups attached to an aromatic ring is 1. The summed E-state index contributed by atoms with van der Waals surface area (Å²) >= 11 is 7.08. The van der Waals surface area contributed by atoms with Crippen molar-refractivity contribution >= 4 is 95.3 Å². The molecule has 1 amide bonds. The Morgan fingerprint density at radius 1 is 0.946 bits per heavy atom. The third-order valence-electron chi connectivity index (χ3n) is 16.2. The van der Waals surface area contributed by atoms with E-state index in [1.807, 2.05) is 28.2 Å². The minimum atomic E-state index is -5.78. The number of ether oxygens (including phenoxy) is 1. The first-order chi connectivity index (χ1) is 43.8. The van der Waals surface area contributed by atoms with Crippen LogP contribution >= 0.6 is 55.3 Å². The number of aliphatic hydroxyl groups excluding tert-OH is 1. The summed E-state index contributed by atoms with van der Waals surface area (Å²) in [5.41, 5.74) is 17.8. The first-order valence-corrected chi connectivity index (χ1v) is 35.6. The number of rotatable bonds is 23. The van der Waals surface area contributed by atoms with Crippen molar-refractivity contribution in [1.29, 1.82) is 0 Å². The number of unbranched alkanes of at least 4 members (excludes halogenated alkanes) is 1. The zero-order chi connectivity index (χ0) is 65.8. The Bertz CT molecular complexity index is 4340. The summed E-state index contributed by atoms with van der Waals surface area (Å²) in [6, 6.07) is 24.7. The number of phosphoric ester groups is 1. The number of allylic oxidation sites excluding steroid dienone is 7. The number of aryl methyl sites for hydroxylation is 1. The van der Waals surface area contributed by atoms with E-state index in [4.69, 9.17) is 20.3 Å². The average molecular weight is 1450 g/mol. The summed E-state index contributed by atoms with van der Waals surface area (Å²) in [4.78, 5) is 76.5. The summed E-state index contributed by atoms with van der Waals surface area (Å²) in [6.45, 7) is 9.28. The molecule has 30 heteroatoms. The molecule has 10 rings (SSSR count).